The normalized spacial score (nSPS) is 18.7. The quantitative estimate of drug-likeness (QED) is 0.730. The number of nitrogens with zero attached hydrogens (tertiary/aromatic N) is 1. The highest BCUT2D eigenvalue weighted by Gasteiger charge is 2.25. The molecule has 1 atom stereocenters. The lowest BCUT2D eigenvalue weighted by atomic mass is 9.92. The van der Waals surface area contributed by atoms with E-state index in [9.17, 15) is 10.2 Å². The summed E-state index contributed by atoms with van der Waals surface area (Å²) >= 11 is 0. The molecule has 0 aliphatic heterocycles. The van der Waals surface area contributed by atoms with Crippen LogP contribution in [0.15, 0.2) is 18.2 Å². The van der Waals surface area contributed by atoms with Crippen molar-refractivity contribution in [1.29, 1.82) is 0 Å². The third kappa shape index (κ3) is 3.19. The molecule has 0 aromatic heterocycles. The third-order valence-corrected chi connectivity index (χ3v) is 4.25. The fourth-order valence-electron chi connectivity index (χ4n) is 3.03. The number of phenolic OH excluding ortho intramolecular Hbond substituents is 2. The van der Waals surface area contributed by atoms with Gasteiger partial charge in [-0.15, -0.1) is 0 Å². The molecule has 0 spiro atoms. The van der Waals surface area contributed by atoms with E-state index < -0.39 is 0 Å². The molecule has 4 heteroatoms. The first-order valence-electron chi connectivity index (χ1n) is 7.07. The summed E-state index contributed by atoms with van der Waals surface area (Å²) in [6.45, 7) is 0.511. The van der Waals surface area contributed by atoms with Gasteiger partial charge in [0.15, 0.2) is 11.5 Å². The Morgan fingerprint density at radius 2 is 1.89 bits per heavy atom. The van der Waals surface area contributed by atoms with Gasteiger partial charge in [-0.05, 0) is 37.6 Å². The number of nitrogens with two attached hydrogens (primary N) is 1. The lowest BCUT2D eigenvalue weighted by Gasteiger charge is -2.37. The highest BCUT2D eigenvalue weighted by Crippen LogP contribution is 2.32. The maximum atomic E-state index is 9.63. The Balaban J connectivity index is 2.15. The zero-order chi connectivity index (χ0) is 13.8. The summed E-state index contributed by atoms with van der Waals surface area (Å²) in [5, 5.41) is 19.0. The molecule has 19 heavy (non-hydrogen) atoms. The Bertz CT molecular complexity index is 417. The minimum absolute atomic E-state index is 0.0759. The number of phenols is 2. The van der Waals surface area contributed by atoms with Crippen molar-refractivity contribution in [3.8, 4) is 11.5 Å². The molecule has 0 saturated heterocycles. The van der Waals surface area contributed by atoms with Gasteiger partial charge in [0.1, 0.15) is 0 Å². The number of aromatic hydroxyl groups is 2. The van der Waals surface area contributed by atoms with Crippen molar-refractivity contribution in [3.05, 3.63) is 23.8 Å². The van der Waals surface area contributed by atoms with E-state index in [1.807, 2.05) is 6.07 Å². The lowest BCUT2D eigenvalue weighted by molar-refractivity contribution is 0.140. The van der Waals surface area contributed by atoms with Crippen LogP contribution in [0.25, 0.3) is 0 Å². The second-order valence-electron chi connectivity index (χ2n) is 5.46. The molecule has 0 bridgehead atoms. The zero-order valence-electron chi connectivity index (χ0n) is 11.5. The highest BCUT2D eigenvalue weighted by atomic mass is 16.3. The molecule has 1 unspecified atom stereocenters. The van der Waals surface area contributed by atoms with Gasteiger partial charge >= 0.3 is 0 Å². The van der Waals surface area contributed by atoms with Crippen molar-refractivity contribution in [1.82, 2.24) is 4.90 Å². The molecule has 0 amide bonds. The average molecular weight is 264 g/mol. The van der Waals surface area contributed by atoms with Gasteiger partial charge in [-0.3, -0.25) is 4.90 Å². The third-order valence-electron chi connectivity index (χ3n) is 4.25. The number of hydrogen-bond acceptors (Lipinski definition) is 4. The number of hydrogen-bond donors (Lipinski definition) is 3. The van der Waals surface area contributed by atoms with E-state index in [0.29, 0.717) is 12.6 Å². The number of likely N-dealkylation sites (N-methyl/N-ethyl adjacent to an activating group) is 1. The van der Waals surface area contributed by atoms with Crippen LogP contribution < -0.4 is 5.73 Å². The molecule has 1 fully saturated rings. The monoisotopic (exact) mass is 264 g/mol. The summed E-state index contributed by atoms with van der Waals surface area (Å²) in [4.78, 5) is 2.32. The van der Waals surface area contributed by atoms with Crippen molar-refractivity contribution in [2.24, 2.45) is 5.73 Å². The predicted octanol–water partition coefficient (Wildman–Crippen LogP) is 2.36. The van der Waals surface area contributed by atoms with Gasteiger partial charge in [-0.25, -0.2) is 0 Å². The molecule has 2 rings (SSSR count). The summed E-state index contributed by atoms with van der Waals surface area (Å²) < 4.78 is 0. The van der Waals surface area contributed by atoms with E-state index in [0.717, 1.165) is 5.56 Å². The van der Waals surface area contributed by atoms with Gasteiger partial charge in [0.2, 0.25) is 0 Å². The Morgan fingerprint density at radius 3 is 2.47 bits per heavy atom. The fourth-order valence-corrected chi connectivity index (χ4v) is 3.03. The molecule has 106 valence electrons. The Labute approximate surface area is 114 Å². The van der Waals surface area contributed by atoms with Gasteiger partial charge in [-0.1, -0.05) is 25.3 Å². The molecule has 0 heterocycles. The van der Waals surface area contributed by atoms with Crippen LogP contribution in [0, 0.1) is 0 Å². The molecule has 1 aromatic carbocycles. The summed E-state index contributed by atoms with van der Waals surface area (Å²) in [6.07, 6.45) is 6.34. The van der Waals surface area contributed by atoms with Crippen molar-refractivity contribution >= 4 is 0 Å². The first-order valence-corrected chi connectivity index (χ1v) is 7.07. The minimum Gasteiger partial charge on any atom is -0.504 e. The van der Waals surface area contributed by atoms with Crippen LogP contribution in [0.5, 0.6) is 11.5 Å². The van der Waals surface area contributed by atoms with Gasteiger partial charge in [0.25, 0.3) is 0 Å². The second-order valence-corrected chi connectivity index (χ2v) is 5.46. The largest absolute Gasteiger partial charge is 0.504 e. The smallest absolute Gasteiger partial charge is 0.157 e. The summed E-state index contributed by atoms with van der Waals surface area (Å²) in [5.41, 5.74) is 6.88. The van der Waals surface area contributed by atoms with E-state index in [1.54, 1.807) is 6.07 Å². The molecule has 4 nitrogen and oxygen atoms in total. The molecular formula is C15H24N2O2. The Morgan fingerprint density at radius 1 is 1.21 bits per heavy atom. The first kappa shape index (κ1) is 14.2. The SMILES string of the molecule is CN(C1CCCCC1)C(CN)c1ccc(O)c(O)c1. The van der Waals surface area contributed by atoms with Gasteiger partial charge in [0, 0.05) is 18.6 Å². The Kier molecular flexibility index (Phi) is 4.66. The molecule has 1 aliphatic rings. The van der Waals surface area contributed by atoms with Crippen LogP contribution in [-0.2, 0) is 0 Å². The summed E-state index contributed by atoms with van der Waals surface area (Å²) in [6, 6.07) is 5.65. The van der Waals surface area contributed by atoms with Crippen molar-refractivity contribution in [2.45, 2.75) is 44.2 Å². The van der Waals surface area contributed by atoms with Crippen molar-refractivity contribution in [2.75, 3.05) is 13.6 Å². The molecular weight excluding hydrogens is 240 g/mol. The summed E-state index contributed by atoms with van der Waals surface area (Å²) in [5.74, 6) is -0.159. The maximum Gasteiger partial charge on any atom is 0.157 e. The highest BCUT2D eigenvalue weighted by molar-refractivity contribution is 5.41. The van der Waals surface area contributed by atoms with Crippen LogP contribution in [-0.4, -0.2) is 34.7 Å². The standard InChI is InChI=1S/C15H24N2O2/c1-17(12-5-3-2-4-6-12)13(10-16)11-7-8-14(18)15(19)9-11/h7-9,12-13,18-19H,2-6,10,16H2,1H3. The van der Waals surface area contributed by atoms with Crippen molar-refractivity contribution in [3.63, 3.8) is 0 Å². The predicted molar refractivity (Wildman–Crippen MR) is 76.2 cm³/mol. The molecule has 4 N–H and O–H groups in total. The van der Waals surface area contributed by atoms with Gasteiger partial charge < -0.3 is 15.9 Å². The van der Waals surface area contributed by atoms with Crippen LogP contribution in [0.1, 0.15) is 43.7 Å². The maximum absolute atomic E-state index is 9.63. The van der Waals surface area contributed by atoms with Crippen LogP contribution in [0.2, 0.25) is 0 Å². The van der Waals surface area contributed by atoms with Crippen LogP contribution >= 0.6 is 0 Å². The second kappa shape index (κ2) is 6.26. The number of benzene rings is 1. The summed E-state index contributed by atoms with van der Waals surface area (Å²) in [7, 11) is 2.11. The minimum atomic E-state index is -0.0835. The number of rotatable bonds is 4. The first-order chi connectivity index (χ1) is 9.13. The lowest BCUT2D eigenvalue weighted by Crippen LogP contribution is -2.39. The van der Waals surface area contributed by atoms with E-state index in [2.05, 4.69) is 11.9 Å². The topological polar surface area (TPSA) is 69.7 Å². The van der Waals surface area contributed by atoms with Crippen LogP contribution in [0.4, 0.5) is 0 Å². The fraction of sp³-hybridized carbons (Fsp3) is 0.600. The molecule has 1 saturated carbocycles. The molecule has 1 aliphatic carbocycles. The van der Waals surface area contributed by atoms with E-state index >= 15 is 0 Å². The Hall–Kier alpha value is -1.26. The van der Waals surface area contributed by atoms with E-state index in [4.69, 9.17) is 5.73 Å². The van der Waals surface area contributed by atoms with E-state index in [1.165, 1.54) is 38.2 Å². The average Bonchev–Trinajstić information content (AvgIpc) is 2.44. The van der Waals surface area contributed by atoms with Crippen LogP contribution in [0.3, 0.4) is 0 Å². The van der Waals surface area contributed by atoms with E-state index in [-0.39, 0.29) is 17.5 Å². The molecule has 0 radical (unpaired) electrons. The molecule has 1 aromatic rings. The van der Waals surface area contributed by atoms with Gasteiger partial charge in [0.05, 0.1) is 0 Å². The van der Waals surface area contributed by atoms with Crippen molar-refractivity contribution < 1.29 is 10.2 Å². The zero-order valence-corrected chi connectivity index (χ0v) is 11.5. The van der Waals surface area contributed by atoms with Gasteiger partial charge in [-0.2, -0.15) is 0 Å².